The highest BCUT2D eigenvalue weighted by atomic mass is 79.9. The van der Waals surface area contributed by atoms with Gasteiger partial charge < -0.3 is 0 Å². The zero-order valence-electron chi connectivity index (χ0n) is 7.07. The minimum Gasteiger partial charge on any atom is -0.0762 e. The van der Waals surface area contributed by atoms with Gasteiger partial charge in [0.2, 0.25) is 0 Å². The van der Waals surface area contributed by atoms with Gasteiger partial charge in [0.05, 0.1) is 0 Å². The van der Waals surface area contributed by atoms with Crippen LogP contribution >= 0.6 is 15.9 Å². The van der Waals surface area contributed by atoms with Gasteiger partial charge in [-0.05, 0) is 11.1 Å². The summed E-state index contributed by atoms with van der Waals surface area (Å²) in [5.74, 6) is 0.969. The Balaban J connectivity index is 2.26. The topological polar surface area (TPSA) is 0 Å². The molecule has 0 aliphatic heterocycles. The number of halogens is 1. The minimum atomic E-state index is 0.473. The van der Waals surface area contributed by atoms with Gasteiger partial charge in [0.1, 0.15) is 0 Å². The first-order chi connectivity index (χ1) is 6.36. The van der Waals surface area contributed by atoms with Crippen molar-refractivity contribution in [3.05, 3.63) is 58.1 Å². The number of allylic oxidation sites excluding steroid dienone is 4. The molecule has 1 aromatic carbocycles. The molecule has 3 aliphatic carbocycles. The van der Waals surface area contributed by atoms with Gasteiger partial charge in [0, 0.05) is 16.3 Å². The second kappa shape index (κ2) is 2.58. The van der Waals surface area contributed by atoms with Gasteiger partial charge in [-0.3, -0.25) is 0 Å². The maximum Gasteiger partial charge on any atom is 0.0336 e. The summed E-state index contributed by atoms with van der Waals surface area (Å²) in [6, 6.07) is 8.69. The molecule has 0 nitrogen and oxygen atoms in total. The Kier molecular flexibility index (Phi) is 1.50. The summed E-state index contributed by atoms with van der Waals surface area (Å²) >= 11 is 3.63. The maximum atomic E-state index is 3.63. The predicted octanol–water partition coefficient (Wildman–Crippen LogP) is 3.72. The van der Waals surface area contributed by atoms with Crippen LogP contribution in [0.4, 0.5) is 0 Å². The number of rotatable bonds is 0. The molecule has 0 amide bonds. The molecule has 2 bridgehead atoms. The molecular weight excluding hydrogens is 224 g/mol. The van der Waals surface area contributed by atoms with E-state index in [1.807, 2.05) is 0 Å². The van der Waals surface area contributed by atoms with Crippen LogP contribution in [0.3, 0.4) is 0 Å². The van der Waals surface area contributed by atoms with E-state index < -0.39 is 0 Å². The lowest BCUT2D eigenvalue weighted by Gasteiger charge is -2.30. The molecule has 0 fully saturated rings. The molecule has 64 valence electrons. The van der Waals surface area contributed by atoms with Gasteiger partial charge in [-0.1, -0.05) is 58.4 Å². The zero-order chi connectivity index (χ0) is 8.84. The molecule has 0 radical (unpaired) electrons. The van der Waals surface area contributed by atoms with Crippen molar-refractivity contribution >= 4 is 15.9 Å². The molecule has 0 N–H and O–H groups in total. The Morgan fingerprint density at radius 2 is 1.77 bits per heavy atom. The smallest absolute Gasteiger partial charge is 0.0336 e. The molecule has 13 heavy (non-hydrogen) atoms. The lowest BCUT2D eigenvalue weighted by molar-refractivity contribution is 0.869. The Morgan fingerprint density at radius 3 is 2.54 bits per heavy atom. The van der Waals surface area contributed by atoms with Crippen molar-refractivity contribution in [3.63, 3.8) is 0 Å². The van der Waals surface area contributed by atoms with Crippen LogP contribution in [0.25, 0.3) is 0 Å². The van der Waals surface area contributed by atoms with E-state index in [0.717, 1.165) is 0 Å². The van der Waals surface area contributed by atoms with E-state index in [1.165, 1.54) is 15.6 Å². The van der Waals surface area contributed by atoms with Gasteiger partial charge in [-0.25, -0.2) is 0 Å². The lowest BCUT2D eigenvalue weighted by atomic mass is 9.76. The second-order valence-corrected chi connectivity index (χ2v) is 4.48. The van der Waals surface area contributed by atoms with Crippen molar-refractivity contribution in [1.29, 1.82) is 0 Å². The van der Waals surface area contributed by atoms with Gasteiger partial charge in [0.25, 0.3) is 0 Å². The first-order valence-corrected chi connectivity index (χ1v) is 5.30. The maximum absolute atomic E-state index is 3.63. The Hall–Kier alpha value is -0.820. The van der Waals surface area contributed by atoms with Gasteiger partial charge in [-0.15, -0.1) is 0 Å². The average molecular weight is 233 g/mol. The zero-order valence-corrected chi connectivity index (χ0v) is 8.66. The lowest BCUT2D eigenvalue weighted by Crippen LogP contribution is -2.14. The number of hydrogen-bond acceptors (Lipinski definition) is 0. The van der Waals surface area contributed by atoms with Crippen LogP contribution in [0.1, 0.15) is 23.0 Å². The normalized spacial score (nSPS) is 28.5. The van der Waals surface area contributed by atoms with Crippen molar-refractivity contribution in [2.75, 3.05) is 0 Å². The van der Waals surface area contributed by atoms with Gasteiger partial charge in [-0.2, -0.15) is 0 Å². The van der Waals surface area contributed by atoms with Crippen LogP contribution in [-0.2, 0) is 0 Å². The van der Waals surface area contributed by atoms with Crippen molar-refractivity contribution in [2.45, 2.75) is 11.8 Å². The molecule has 3 aliphatic rings. The van der Waals surface area contributed by atoms with Crippen LogP contribution in [0.2, 0.25) is 0 Å². The molecule has 0 aromatic heterocycles. The van der Waals surface area contributed by atoms with E-state index in [9.17, 15) is 0 Å². The fraction of sp³-hybridized carbons (Fsp3) is 0.167. The third-order valence-electron chi connectivity index (χ3n) is 2.84. The Labute approximate surface area is 86.1 Å². The quantitative estimate of drug-likeness (QED) is 0.599. The van der Waals surface area contributed by atoms with Crippen LogP contribution in [0.5, 0.6) is 0 Å². The summed E-state index contributed by atoms with van der Waals surface area (Å²) in [6.45, 7) is 0. The molecule has 4 rings (SSSR count). The average Bonchev–Trinajstić information content (AvgIpc) is 2.19. The van der Waals surface area contributed by atoms with Crippen LogP contribution in [-0.4, -0.2) is 0 Å². The van der Waals surface area contributed by atoms with Crippen LogP contribution in [0.15, 0.2) is 47.0 Å². The third kappa shape index (κ3) is 0.969. The van der Waals surface area contributed by atoms with Crippen molar-refractivity contribution < 1.29 is 0 Å². The summed E-state index contributed by atoms with van der Waals surface area (Å²) < 4.78 is 1.32. The summed E-state index contributed by atoms with van der Waals surface area (Å²) in [4.78, 5) is 0. The molecule has 2 atom stereocenters. The molecule has 0 heterocycles. The predicted molar refractivity (Wildman–Crippen MR) is 58.1 cm³/mol. The van der Waals surface area contributed by atoms with Crippen molar-refractivity contribution in [2.24, 2.45) is 0 Å². The summed E-state index contributed by atoms with van der Waals surface area (Å²) in [5.41, 5.74) is 2.93. The number of hydrogen-bond donors (Lipinski definition) is 0. The summed E-state index contributed by atoms with van der Waals surface area (Å²) in [5, 5.41) is 0. The fourth-order valence-electron chi connectivity index (χ4n) is 2.20. The van der Waals surface area contributed by atoms with Crippen LogP contribution < -0.4 is 0 Å². The first-order valence-electron chi connectivity index (χ1n) is 4.50. The van der Waals surface area contributed by atoms with E-state index >= 15 is 0 Å². The second-order valence-electron chi connectivity index (χ2n) is 3.57. The minimum absolute atomic E-state index is 0.473. The standard InChI is InChI=1S/C12H9Br/c13-12-7-8-5-6-11(12)10-4-2-1-3-9(8)10/h1-8,11H. The van der Waals surface area contributed by atoms with Gasteiger partial charge >= 0.3 is 0 Å². The molecule has 1 heteroatoms. The first kappa shape index (κ1) is 7.57. The summed E-state index contributed by atoms with van der Waals surface area (Å²) in [7, 11) is 0. The van der Waals surface area contributed by atoms with E-state index in [0.29, 0.717) is 11.8 Å². The van der Waals surface area contributed by atoms with Crippen molar-refractivity contribution in [3.8, 4) is 0 Å². The van der Waals surface area contributed by atoms with Crippen LogP contribution in [0, 0.1) is 0 Å². The Bertz CT molecular complexity index is 415. The van der Waals surface area contributed by atoms with E-state index in [1.54, 1.807) is 0 Å². The van der Waals surface area contributed by atoms with E-state index in [2.05, 4.69) is 58.4 Å². The fourth-order valence-corrected chi connectivity index (χ4v) is 2.88. The van der Waals surface area contributed by atoms with E-state index in [4.69, 9.17) is 0 Å². The molecule has 2 unspecified atom stereocenters. The molecule has 0 saturated carbocycles. The highest BCUT2D eigenvalue weighted by molar-refractivity contribution is 9.11. The van der Waals surface area contributed by atoms with Gasteiger partial charge in [0.15, 0.2) is 0 Å². The molecule has 1 aromatic rings. The monoisotopic (exact) mass is 232 g/mol. The van der Waals surface area contributed by atoms with E-state index in [-0.39, 0.29) is 0 Å². The molecule has 0 spiro atoms. The summed E-state index contributed by atoms with van der Waals surface area (Å²) in [6.07, 6.45) is 6.88. The highest BCUT2D eigenvalue weighted by Crippen LogP contribution is 2.46. The molecular formula is C12H9Br. The Morgan fingerprint density at radius 1 is 1.00 bits per heavy atom. The number of benzene rings is 1. The SMILES string of the molecule is BrC1=CC2C=CC1c1ccccc12. The largest absolute Gasteiger partial charge is 0.0762 e. The third-order valence-corrected chi connectivity index (χ3v) is 3.59. The molecule has 0 saturated heterocycles. The van der Waals surface area contributed by atoms with Crippen molar-refractivity contribution in [1.82, 2.24) is 0 Å². The highest BCUT2D eigenvalue weighted by Gasteiger charge is 2.27.